The largest absolute Gasteiger partial charge is 0.496 e. The smallest absolute Gasteiger partial charge is 0.465 e. The van der Waals surface area contributed by atoms with Crippen molar-refractivity contribution in [2.75, 3.05) is 4.90 Å². The Kier molecular flexibility index (Phi) is 7.11. The number of carbonyl (C=O) groups is 1. The van der Waals surface area contributed by atoms with Gasteiger partial charge in [-0.15, -0.1) is 0 Å². The van der Waals surface area contributed by atoms with Crippen LogP contribution in [0.3, 0.4) is 0 Å². The minimum atomic E-state index is -1.95. The van der Waals surface area contributed by atoms with Crippen LogP contribution in [0, 0.1) is 0 Å². The van der Waals surface area contributed by atoms with Crippen molar-refractivity contribution in [3.8, 4) is 0 Å². The van der Waals surface area contributed by atoms with E-state index in [1.807, 2.05) is 66.7 Å². The average Bonchev–Trinajstić information content (AvgIpc) is 2.78. The predicted octanol–water partition coefficient (Wildman–Crippen LogP) is 5.79. The van der Waals surface area contributed by atoms with E-state index in [9.17, 15) is 9.90 Å². The van der Waals surface area contributed by atoms with E-state index in [-0.39, 0.29) is 5.04 Å². The van der Waals surface area contributed by atoms with Crippen molar-refractivity contribution in [1.29, 1.82) is 0 Å². The average molecular weight is 464 g/mol. The zero-order chi connectivity index (χ0) is 24.9. The van der Waals surface area contributed by atoms with Crippen molar-refractivity contribution in [2.45, 2.75) is 111 Å². The summed E-state index contributed by atoms with van der Waals surface area (Å²) in [5, 5.41) is 10.2. The van der Waals surface area contributed by atoms with E-state index >= 15 is 0 Å². The fourth-order valence-electron chi connectivity index (χ4n) is 3.27. The van der Waals surface area contributed by atoms with Gasteiger partial charge in [-0.2, -0.15) is 0 Å². The molecule has 0 radical (unpaired) electrons. The molecule has 0 bridgehead atoms. The van der Waals surface area contributed by atoms with Crippen molar-refractivity contribution in [2.24, 2.45) is 0 Å². The van der Waals surface area contributed by atoms with Gasteiger partial charge < -0.3 is 18.8 Å². The quantitative estimate of drug-likeness (QED) is 0.560. The van der Waals surface area contributed by atoms with Crippen molar-refractivity contribution < 1.29 is 23.6 Å². The first kappa shape index (κ1) is 26.9. The van der Waals surface area contributed by atoms with Gasteiger partial charge in [0.25, 0.3) is 0 Å². The summed E-state index contributed by atoms with van der Waals surface area (Å²) in [7, 11) is -2.61. The van der Waals surface area contributed by atoms with E-state index in [1.165, 1.54) is 4.90 Å². The Bertz CT molecular complexity index is 839. The molecule has 0 unspecified atom stereocenters. The molecule has 8 heteroatoms. The van der Waals surface area contributed by atoms with E-state index in [4.69, 9.17) is 13.7 Å². The van der Waals surface area contributed by atoms with E-state index in [2.05, 4.69) is 33.9 Å². The number of anilines is 1. The fraction of sp³-hybridized carbons (Fsp3) is 0.708. The summed E-state index contributed by atoms with van der Waals surface area (Å²) in [4.78, 5) is 13.7. The van der Waals surface area contributed by atoms with Crippen LogP contribution in [0.2, 0.25) is 18.1 Å². The minimum absolute atomic E-state index is 0.0942. The molecule has 32 heavy (non-hydrogen) atoms. The number of benzene rings is 1. The summed E-state index contributed by atoms with van der Waals surface area (Å²) in [6.07, 6.45) is -1.02. The van der Waals surface area contributed by atoms with Crippen molar-refractivity contribution >= 4 is 32.7 Å². The van der Waals surface area contributed by atoms with Crippen LogP contribution in [0.4, 0.5) is 10.5 Å². The summed E-state index contributed by atoms with van der Waals surface area (Å²) in [5.74, 6) is 0. The summed E-state index contributed by atoms with van der Waals surface area (Å²) in [5.41, 5.74) is 0.518. The molecule has 180 valence electrons. The Balaban J connectivity index is 2.53. The second kappa shape index (κ2) is 8.46. The van der Waals surface area contributed by atoms with Crippen LogP contribution in [-0.2, 0) is 20.3 Å². The lowest BCUT2D eigenvalue weighted by atomic mass is 9.76. The van der Waals surface area contributed by atoms with Gasteiger partial charge in [-0.1, -0.05) is 32.9 Å². The molecular formula is C24H42BNO5Si. The van der Waals surface area contributed by atoms with Crippen LogP contribution >= 0.6 is 0 Å². The van der Waals surface area contributed by atoms with Crippen LogP contribution in [0.15, 0.2) is 18.2 Å². The molecule has 1 aromatic carbocycles. The Morgan fingerprint density at radius 3 is 1.97 bits per heavy atom. The summed E-state index contributed by atoms with van der Waals surface area (Å²) in [6.45, 7) is 25.1. The Hall–Kier alpha value is -1.35. The first-order valence-corrected chi connectivity index (χ1v) is 14.3. The molecule has 1 aliphatic rings. The van der Waals surface area contributed by atoms with Gasteiger partial charge in [-0.3, -0.25) is 4.90 Å². The third-order valence-electron chi connectivity index (χ3n) is 7.11. The van der Waals surface area contributed by atoms with Crippen molar-refractivity contribution in [3.63, 3.8) is 0 Å². The number of hydrogen-bond acceptors (Lipinski definition) is 4. The molecule has 2 rings (SSSR count). The van der Waals surface area contributed by atoms with Crippen molar-refractivity contribution in [3.05, 3.63) is 23.8 Å². The van der Waals surface area contributed by atoms with Gasteiger partial charge in [0.1, 0.15) is 0 Å². The Morgan fingerprint density at radius 1 is 1.06 bits per heavy atom. The molecular weight excluding hydrogens is 421 g/mol. The van der Waals surface area contributed by atoms with Crippen LogP contribution in [0.5, 0.6) is 0 Å². The molecule has 1 aromatic rings. The number of nitrogens with zero attached hydrogens (tertiary/aromatic N) is 1. The van der Waals surface area contributed by atoms with Gasteiger partial charge in [-0.25, -0.2) is 4.79 Å². The molecule has 6 nitrogen and oxygen atoms in total. The fourth-order valence-corrected chi connectivity index (χ4v) is 4.23. The zero-order valence-electron chi connectivity index (χ0n) is 22.0. The highest BCUT2D eigenvalue weighted by atomic mass is 28.4. The van der Waals surface area contributed by atoms with Gasteiger partial charge in [0, 0.05) is 16.7 Å². The maximum atomic E-state index is 12.3. The minimum Gasteiger partial charge on any atom is -0.465 e. The molecule has 0 saturated carbocycles. The van der Waals surface area contributed by atoms with Crippen LogP contribution < -0.4 is 10.4 Å². The van der Waals surface area contributed by atoms with E-state index in [0.717, 1.165) is 5.56 Å². The number of rotatable bonds is 5. The SMILES string of the molecule is CC(C)(C)N(C(=O)O)c1cc(CO[Si](C)(C)C(C)(C)C)ccc1B1OC(C)(C)C(C)(C)O1. The molecule has 0 aliphatic carbocycles. The maximum Gasteiger partial charge on any atom is 0.496 e. The topological polar surface area (TPSA) is 68.2 Å². The van der Waals surface area contributed by atoms with Crippen molar-refractivity contribution in [1.82, 2.24) is 0 Å². The highest BCUT2D eigenvalue weighted by molar-refractivity contribution is 6.74. The molecule has 1 fully saturated rings. The predicted molar refractivity (Wildman–Crippen MR) is 134 cm³/mol. The lowest BCUT2D eigenvalue weighted by molar-refractivity contribution is 0.00578. The standard InChI is InChI=1S/C24H42BNO5Si/c1-21(2,3)26(20(27)28)19-15-17(16-29-32(11,12)22(4,5)6)13-14-18(19)25-30-23(7,8)24(9,10)31-25/h13-15H,16H2,1-12H3,(H,27,28). The van der Waals surface area contributed by atoms with Crippen LogP contribution in [0.25, 0.3) is 0 Å². The number of amides is 1. The van der Waals surface area contributed by atoms with Gasteiger partial charge >= 0.3 is 13.2 Å². The molecule has 1 heterocycles. The molecule has 1 amide bonds. The maximum absolute atomic E-state index is 12.3. The third kappa shape index (κ3) is 5.41. The summed E-state index contributed by atoms with van der Waals surface area (Å²) >= 11 is 0. The molecule has 0 aromatic heterocycles. The first-order valence-electron chi connectivity index (χ1n) is 11.4. The zero-order valence-corrected chi connectivity index (χ0v) is 23.0. The van der Waals surface area contributed by atoms with Gasteiger partial charge in [-0.05, 0) is 78.2 Å². The van der Waals surface area contributed by atoms with E-state index in [0.29, 0.717) is 17.8 Å². The van der Waals surface area contributed by atoms with Gasteiger partial charge in [0.05, 0.1) is 17.8 Å². The van der Waals surface area contributed by atoms with E-state index in [1.54, 1.807) is 0 Å². The molecule has 1 N–H and O–H groups in total. The molecule has 0 spiro atoms. The highest BCUT2D eigenvalue weighted by Gasteiger charge is 2.53. The highest BCUT2D eigenvalue weighted by Crippen LogP contribution is 2.39. The summed E-state index contributed by atoms with van der Waals surface area (Å²) in [6, 6.07) is 5.82. The van der Waals surface area contributed by atoms with Gasteiger partial charge in [0.15, 0.2) is 8.32 Å². The normalized spacial score (nSPS) is 18.7. The molecule has 0 atom stereocenters. The second-order valence-electron chi connectivity index (χ2n) is 12.3. The third-order valence-corrected chi connectivity index (χ3v) is 11.6. The lowest BCUT2D eigenvalue weighted by Gasteiger charge is -2.37. The first-order chi connectivity index (χ1) is 14.2. The van der Waals surface area contributed by atoms with Gasteiger partial charge in [0.2, 0.25) is 0 Å². The molecule has 1 aliphatic heterocycles. The Morgan fingerprint density at radius 2 is 1.56 bits per heavy atom. The van der Waals surface area contributed by atoms with Crippen LogP contribution in [0.1, 0.15) is 74.8 Å². The number of carboxylic acid groups (broad SMARTS) is 1. The molecule has 1 saturated heterocycles. The Labute approximate surface area is 195 Å². The van der Waals surface area contributed by atoms with Crippen LogP contribution in [-0.4, -0.2) is 43.4 Å². The number of hydrogen-bond donors (Lipinski definition) is 1. The van der Waals surface area contributed by atoms with E-state index < -0.39 is 38.3 Å². The second-order valence-corrected chi connectivity index (χ2v) is 17.1. The summed E-state index contributed by atoms with van der Waals surface area (Å²) < 4.78 is 18.9. The lowest BCUT2D eigenvalue weighted by Crippen LogP contribution is -2.50. The monoisotopic (exact) mass is 463 g/mol.